The van der Waals surface area contributed by atoms with E-state index in [9.17, 15) is 14.0 Å². The number of nitrogens with zero attached hydrogens (tertiary/aromatic N) is 6. The van der Waals surface area contributed by atoms with Crippen LogP contribution in [0.25, 0.3) is 0 Å². The molecule has 4 heterocycles. The van der Waals surface area contributed by atoms with Crippen molar-refractivity contribution in [3.63, 3.8) is 0 Å². The fourth-order valence-corrected chi connectivity index (χ4v) is 6.83. The first-order chi connectivity index (χ1) is 28.3. The number of benzene rings is 1. The van der Waals surface area contributed by atoms with Gasteiger partial charge in [0, 0.05) is 82.9 Å². The summed E-state index contributed by atoms with van der Waals surface area (Å²) >= 11 is 0. The van der Waals surface area contributed by atoms with Crippen LogP contribution in [0.1, 0.15) is 92.7 Å². The van der Waals surface area contributed by atoms with Crippen LogP contribution in [0, 0.1) is 5.92 Å². The number of ketones is 1. The highest BCUT2D eigenvalue weighted by atomic mass is 18.2. The number of carbonyl (C=O) groups is 2. The van der Waals surface area contributed by atoms with Gasteiger partial charge in [-0.15, -0.1) is 0 Å². The Morgan fingerprint density at radius 3 is 1.53 bits per heavy atom. The lowest BCUT2D eigenvalue weighted by Crippen LogP contribution is -2.30. The Kier molecular flexibility index (Phi) is 18.4. The van der Waals surface area contributed by atoms with E-state index in [2.05, 4.69) is 77.5 Å². The van der Waals surface area contributed by atoms with E-state index in [0.717, 1.165) is 78.2 Å². The standard InChI is InChI=1S/C47H58FN7O3/c1-37(16-5-10-26-53-47(57)38(2)48)46(56)21-4-3-15-27-58-45-29-39(31-54(33-41-17-6-11-22-49-41)34-42-18-7-12-23-50-42)28-40(30-45)32-55(35-43-19-8-13-24-51-43)36-44-20-9-14-25-52-44/h6-9,11-14,17-20,22-25,28-30,37-38H,3-5,10,15-16,21,26-27,31-36H2,1-2H3,(H,53,57)/t37-,38?/m0/s1/i48-1. The van der Waals surface area contributed by atoms with Gasteiger partial charge in [0.25, 0.3) is 5.91 Å². The zero-order chi connectivity index (χ0) is 40.8. The number of hydrogen-bond donors (Lipinski definition) is 1. The Bertz CT molecular complexity index is 1730. The Morgan fingerprint density at radius 2 is 1.10 bits per heavy atom. The molecular formula is C47H58FN7O3. The molecule has 2 atom stereocenters. The van der Waals surface area contributed by atoms with E-state index in [4.69, 9.17) is 4.74 Å². The summed E-state index contributed by atoms with van der Waals surface area (Å²) in [6.45, 7) is 8.18. The van der Waals surface area contributed by atoms with Crippen LogP contribution in [0.15, 0.2) is 116 Å². The molecule has 0 aliphatic heterocycles. The van der Waals surface area contributed by atoms with Crippen LogP contribution in [0.4, 0.5) is 4.39 Å². The van der Waals surface area contributed by atoms with Gasteiger partial charge in [0.2, 0.25) is 0 Å². The lowest BCUT2D eigenvalue weighted by molar-refractivity contribution is -0.125. The number of aromatic nitrogens is 4. The Labute approximate surface area is 343 Å². The number of pyridine rings is 4. The molecule has 5 rings (SSSR count). The quantitative estimate of drug-likeness (QED) is 0.0552. The minimum atomic E-state index is -1.50. The summed E-state index contributed by atoms with van der Waals surface area (Å²) in [4.78, 5) is 47.4. The van der Waals surface area contributed by atoms with E-state index < -0.39 is 12.1 Å². The minimum Gasteiger partial charge on any atom is -0.494 e. The fraction of sp³-hybridized carbons (Fsp3) is 0.404. The van der Waals surface area contributed by atoms with E-state index in [1.807, 2.05) is 80.2 Å². The van der Waals surface area contributed by atoms with E-state index >= 15 is 0 Å². The zero-order valence-electron chi connectivity index (χ0n) is 34.0. The molecule has 0 fully saturated rings. The first kappa shape index (κ1) is 43.7. The second-order valence-electron chi connectivity index (χ2n) is 15.0. The topological polar surface area (TPSA) is 113 Å². The van der Waals surface area contributed by atoms with Crippen LogP contribution in [-0.2, 0) is 48.9 Å². The van der Waals surface area contributed by atoms with Crippen molar-refractivity contribution in [2.75, 3.05) is 13.2 Å². The molecule has 11 heteroatoms. The predicted molar refractivity (Wildman–Crippen MR) is 225 cm³/mol. The summed E-state index contributed by atoms with van der Waals surface area (Å²) in [6.07, 6.45) is 11.2. The molecule has 58 heavy (non-hydrogen) atoms. The highest BCUT2D eigenvalue weighted by molar-refractivity contribution is 5.80. The molecular weight excluding hydrogens is 729 g/mol. The number of rotatable bonds is 26. The summed E-state index contributed by atoms with van der Waals surface area (Å²) in [7, 11) is 0. The highest BCUT2D eigenvalue weighted by Crippen LogP contribution is 2.24. The van der Waals surface area contributed by atoms with Crippen LogP contribution < -0.4 is 10.1 Å². The molecule has 0 bridgehead atoms. The van der Waals surface area contributed by atoms with Crippen molar-refractivity contribution >= 4 is 11.7 Å². The smallest absolute Gasteiger partial charge is 0.254 e. The van der Waals surface area contributed by atoms with Crippen molar-refractivity contribution in [2.45, 2.75) is 104 Å². The van der Waals surface area contributed by atoms with Gasteiger partial charge in [-0.1, -0.05) is 43.7 Å². The van der Waals surface area contributed by atoms with Crippen LogP contribution in [0.3, 0.4) is 0 Å². The van der Waals surface area contributed by atoms with Crippen molar-refractivity contribution in [3.05, 3.63) is 150 Å². The SMILES string of the molecule is CC([18F])C(=O)NCCCC[C@H](C)C(=O)CCCCCOc1cc(CN(Cc2ccccn2)Cc2ccccn2)cc(CN(Cc2ccccn2)Cc2ccccn2)c1. The third-order valence-corrected chi connectivity index (χ3v) is 9.90. The molecule has 0 aliphatic carbocycles. The molecule has 5 aromatic rings. The maximum absolute atomic E-state index is 13.0. The number of Topliss-reactive ketones (excluding diaryl/α,β-unsaturated/α-hetero) is 1. The second-order valence-corrected chi connectivity index (χ2v) is 15.0. The van der Waals surface area contributed by atoms with E-state index in [-0.39, 0.29) is 11.7 Å². The molecule has 0 spiro atoms. The van der Waals surface area contributed by atoms with Crippen molar-refractivity contribution in [1.29, 1.82) is 0 Å². The van der Waals surface area contributed by atoms with Crippen LogP contribution >= 0.6 is 0 Å². The van der Waals surface area contributed by atoms with E-state index in [1.54, 1.807) is 0 Å². The normalized spacial score (nSPS) is 12.4. The van der Waals surface area contributed by atoms with Gasteiger partial charge >= 0.3 is 0 Å². The van der Waals surface area contributed by atoms with Crippen molar-refractivity contribution in [1.82, 2.24) is 35.1 Å². The van der Waals surface area contributed by atoms with Crippen LogP contribution in [-0.4, -0.2) is 60.7 Å². The van der Waals surface area contributed by atoms with Gasteiger partial charge in [0.15, 0.2) is 6.17 Å². The Hall–Kier alpha value is -5.39. The van der Waals surface area contributed by atoms with Crippen LogP contribution in [0.2, 0.25) is 0 Å². The summed E-state index contributed by atoms with van der Waals surface area (Å²) in [5.74, 6) is 0.473. The molecule has 1 amide bonds. The molecule has 0 saturated carbocycles. The number of unbranched alkanes of at least 4 members (excludes halogenated alkanes) is 3. The van der Waals surface area contributed by atoms with Crippen molar-refractivity contribution in [3.8, 4) is 5.75 Å². The number of carbonyl (C=O) groups excluding carboxylic acids is 2. The number of amides is 1. The minimum absolute atomic E-state index is 0.0296. The molecule has 0 aliphatic rings. The van der Waals surface area contributed by atoms with Gasteiger partial charge in [-0.25, -0.2) is 4.39 Å². The summed E-state index contributed by atoms with van der Waals surface area (Å²) in [5, 5.41) is 2.58. The molecule has 0 radical (unpaired) electrons. The second kappa shape index (κ2) is 24.4. The first-order valence-electron chi connectivity index (χ1n) is 20.5. The number of nitrogens with one attached hydrogen (secondary N) is 1. The molecule has 10 nitrogen and oxygen atoms in total. The maximum atomic E-state index is 13.0. The average Bonchev–Trinajstić information content (AvgIpc) is 3.23. The lowest BCUT2D eigenvalue weighted by Gasteiger charge is -2.25. The van der Waals surface area contributed by atoms with Gasteiger partial charge in [-0.3, -0.25) is 39.3 Å². The van der Waals surface area contributed by atoms with Gasteiger partial charge in [0.1, 0.15) is 11.5 Å². The van der Waals surface area contributed by atoms with Crippen LogP contribution in [0.5, 0.6) is 5.75 Å². The molecule has 306 valence electrons. The molecule has 1 unspecified atom stereocenters. The van der Waals surface area contributed by atoms with E-state index in [1.165, 1.54) is 6.92 Å². The lowest BCUT2D eigenvalue weighted by atomic mass is 9.95. The third-order valence-electron chi connectivity index (χ3n) is 9.90. The van der Waals surface area contributed by atoms with Gasteiger partial charge in [-0.2, -0.15) is 0 Å². The van der Waals surface area contributed by atoms with Gasteiger partial charge < -0.3 is 10.1 Å². The zero-order valence-corrected chi connectivity index (χ0v) is 34.0. The monoisotopic (exact) mass is 786 g/mol. The third kappa shape index (κ3) is 16.2. The highest BCUT2D eigenvalue weighted by Gasteiger charge is 2.16. The molecule has 1 aromatic carbocycles. The predicted octanol–water partition coefficient (Wildman–Crippen LogP) is 8.46. The fourth-order valence-electron chi connectivity index (χ4n) is 6.83. The summed E-state index contributed by atoms with van der Waals surface area (Å²) in [6, 6.07) is 30.6. The van der Waals surface area contributed by atoms with Crippen molar-refractivity contribution in [2.24, 2.45) is 5.92 Å². The van der Waals surface area contributed by atoms with E-state index in [0.29, 0.717) is 58.8 Å². The van der Waals surface area contributed by atoms with Crippen molar-refractivity contribution < 1.29 is 18.7 Å². The Balaban J connectivity index is 1.23. The number of halogens is 1. The molecule has 0 saturated heterocycles. The Morgan fingerprint density at radius 1 is 0.621 bits per heavy atom. The van der Waals surface area contributed by atoms with Gasteiger partial charge in [0.05, 0.1) is 29.4 Å². The number of hydrogen-bond acceptors (Lipinski definition) is 9. The summed E-state index contributed by atoms with van der Waals surface area (Å²) < 4.78 is 19.5. The summed E-state index contributed by atoms with van der Waals surface area (Å²) in [5.41, 5.74) is 6.23. The molecule has 4 aromatic heterocycles. The largest absolute Gasteiger partial charge is 0.494 e. The number of ether oxygens (including phenoxy) is 1. The first-order valence-corrected chi connectivity index (χ1v) is 20.5. The number of alkyl halides is 1. The maximum Gasteiger partial charge on any atom is 0.254 e. The average molecular weight is 787 g/mol. The van der Waals surface area contributed by atoms with Gasteiger partial charge in [-0.05, 0) is 111 Å². The molecule has 1 N–H and O–H groups in total.